The van der Waals surface area contributed by atoms with Crippen LogP contribution in [0.4, 0.5) is 0 Å². The second-order valence-electron chi connectivity index (χ2n) is 4.94. The number of aromatic amines is 1. The van der Waals surface area contributed by atoms with E-state index in [0.29, 0.717) is 6.61 Å². The summed E-state index contributed by atoms with van der Waals surface area (Å²) >= 11 is 2.27. The van der Waals surface area contributed by atoms with Gasteiger partial charge in [0.15, 0.2) is 11.5 Å². The summed E-state index contributed by atoms with van der Waals surface area (Å²) in [5.41, 5.74) is 2.97. The number of H-pyrrole nitrogens is 1. The molecule has 1 aromatic heterocycles. The molecule has 1 N–H and O–H groups in total. The molecule has 3 rings (SSSR count). The van der Waals surface area contributed by atoms with Gasteiger partial charge in [-0.25, -0.2) is 4.98 Å². The third kappa shape index (κ3) is 2.90. The Kier molecular flexibility index (Phi) is 4.52. The van der Waals surface area contributed by atoms with Gasteiger partial charge in [0.05, 0.1) is 28.3 Å². The van der Waals surface area contributed by atoms with Crippen LogP contribution in [0.3, 0.4) is 0 Å². The topological polar surface area (TPSA) is 47.1 Å². The van der Waals surface area contributed by atoms with Crippen molar-refractivity contribution in [1.82, 2.24) is 9.97 Å². The SMILES string of the molecule is CCCOc1c(I)cc(-c2nc3ccccc3[nH]2)cc1OC. The monoisotopic (exact) mass is 408 g/mol. The van der Waals surface area contributed by atoms with Crippen molar-refractivity contribution < 1.29 is 9.47 Å². The predicted octanol–water partition coefficient (Wildman–Crippen LogP) is 4.63. The molecule has 0 fully saturated rings. The number of ether oxygens (including phenoxy) is 2. The lowest BCUT2D eigenvalue weighted by Crippen LogP contribution is -2.00. The fourth-order valence-electron chi connectivity index (χ4n) is 2.29. The minimum atomic E-state index is 0.677. The lowest BCUT2D eigenvalue weighted by Gasteiger charge is -2.13. The number of nitrogens with one attached hydrogen (secondary N) is 1. The molecule has 0 bridgehead atoms. The van der Waals surface area contributed by atoms with Gasteiger partial charge in [-0.15, -0.1) is 0 Å². The molecule has 0 saturated carbocycles. The molecule has 2 aromatic carbocycles. The molecule has 4 nitrogen and oxygen atoms in total. The molecule has 5 heteroatoms. The summed E-state index contributed by atoms with van der Waals surface area (Å²) < 4.78 is 12.3. The molecule has 0 atom stereocenters. The van der Waals surface area contributed by atoms with Gasteiger partial charge < -0.3 is 14.5 Å². The Morgan fingerprint density at radius 2 is 2.05 bits per heavy atom. The molecule has 0 saturated heterocycles. The van der Waals surface area contributed by atoms with E-state index < -0.39 is 0 Å². The van der Waals surface area contributed by atoms with Gasteiger partial charge in [0.25, 0.3) is 0 Å². The molecule has 0 radical (unpaired) electrons. The Bertz CT molecular complexity index is 765. The van der Waals surface area contributed by atoms with Crippen molar-refractivity contribution in [2.24, 2.45) is 0 Å². The average Bonchev–Trinajstić information content (AvgIpc) is 2.97. The summed E-state index contributed by atoms with van der Waals surface area (Å²) in [6.45, 7) is 2.76. The van der Waals surface area contributed by atoms with E-state index in [1.165, 1.54) is 0 Å². The second kappa shape index (κ2) is 6.56. The fourth-order valence-corrected chi connectivity index (χ4v) is 3.05. The van der Waals surface area contributed by atoms with Gasteiger partial charge in [-0.1, -0.05) is 19.1 Å². The Morgan fingerprint density at radius 1 is 1.23 bits per heavy atom. The van der Waals surface area contributed by atoms with Gasteiger partial charge in [-0.2, -0.15) is 0 Å². The van der Waals surface area contributed by atoms with Gasteiger partial charge in [0, 0.05) is 5.56 Å². The van der Waals surface area contributed by atoms with Crippen molar-refractivity contribution >= 4 is 33.6 Å². The number of methoxy groups -OCH3 is 1. The molecule has 22 heavy (non-hydrogen) atoms. The van der Waals surface area contributed by atoms with Crippen molar-refractivity contribution in [1.29, 1.82) is 0 Å². The molecular formula is C17H17IN2O2. The largest absolute Gasteiger partial charge is 0.493 e. The van der Waals surface area contributed by atoms with Crippen LogP contribution in [0, 0.1) is 3.57 Å². The fraction of sp³-hybridized carbons (Fsp3) is 0.235. The van der Waals surface area contributed by atoms with Crippen molar-refractivity contribution in [2.45, 2.75) is 13.3 Å². The maximum Gasteiger partial charge on any atom is 0.174 e. The number of aromatic nitrogens is 2. The summed E-state index contributed by atoms with van der Waals surface area (Å²) in [5, 5.41) is 0. The number of para-hydroxylation sites is 2. The summed E-state index contributed by atoms with van der Waals surface area (Å²) in [6.07, 6.45) is 0.963. The molecule has 114 valence electrons. The third-order valence-corrected chi connectivity index (χ3v) is 4.14. The quantitative estimate of drug-likeness (QED) is 0.627. The maximum atomic E-state index is 5.79. The van der Waals surface area contributed by atoms with Crippen molar-refractivity contribution in [3.63, 3.8) is 0 Å². The van der Waals surface area contributed by atoms with Crippen LogP contribution in [0.15, 0.2) is 36.4 Å². The summed E-state index contributed by atoms with van der Waals surface area (Å²) in [5.74, 6) is 2.36. The highest BCUT2D eigenvalue weighted by Gasteiger charge is 2.14. The van der Waals surface area contributed by atoms with Crippen LogP contribution in [-0.2, 0) is 0 Å². The van der Waals surface area contributed by atoms with E-state index in [-0.39, 0.29) is 0 Å². The minimum Gasteiger partial charge on any atom is -0.493 e. The minimum absolute atomic E-state index is 0.677. The van der Waals surface area contributed by atoms with Gasteiger partial charge in [0.2, 0.25) is 0 Å². The van der Waals surface area contributed by atoms with Crippen LogP contribution in [-0.4, -0.2) is 23.7 Å². The molecule has 3 aromatic rings. The highest BCUT2D eigenvalue weighted by atomic mass is 127. The second-order valence-corrected chi connectivity index (χ2v) is 6.10. The van der Waals surface area contributed by atoms with E-state index in [1.54, 1.807) is 7.11 Å². The Hall–Kier alpha value is -1.76. The van der Waals surface area contributed by atoms with E-state index in [0.717, 1.165) is 43.9 Å². The Balaban J connectivity index is 2.05. The standard InChI is InChI=1S/C17H17IN2O2/c1-3-8-22-16-12(18)9-11(10-15(16)21-2)17-19-13-6-4-5-7-14(13)20-17/h4-7,9-10H,3,8H2,1-2H3,(H,19,20). The summed E-state index contributed by atoms with van der Waals surface area (Å²) in [4.78, 5) is 7.98. The van der Waals surface area contributed by atoms with E-state index in [2.05, 4.69) is 45.5 Å². The van der Waals surface area contributed by atoms with Crippen LogP contribution in [0.25, 0.3) is 22.4 Å². The van der Waals surface area contributed by atoms with Gasteiger partial charge in [0.1, 0.15) is 5.82 Å². The summed E-state index contributed by atoms with van der Waals surface area (Å²) in [6, 6.07) is 12.0. The van der Waals surface area contributed by atoms with Crippen LogP contribution in [0.2, 0.25) is 0 Å². The number of benzene rings is 2. The predicted molar refractivity (Wildman–Crippen MR) is 96.6 cm³/mol. The van der Waals surface area contributed by atoms with Crippen molar-refractivity contribution in [2.75, 3.05) is 13.7 Å². The first kappa shape index (κ1) is 15.1. The molecule has 0 unspecified atom stereocenters. The number of halogens is 1. The number of imidazole rings is 1. The molecule has 0 aliphatic rings. The summed E-state index contributed by atoms with van der Waals surface area (Å²) in [7, 11) is 1.66. The zero-order valence-electron chi connectivity index (χ0n) is 12.5. The number of hydrogen-bond acceptors (Lipinski definition) is 3. The lowest BCUT2D eigenvalue weighted by molar-refractivity contribution is 0.292. The van der Waals surface area contributed by atoms with E-state index in [1.807, 2.05) is 30.3 Å². The zero-order valence-corrected chi connectivity index (χ0v) is 14.7. The Morgan fingerprint density at radius 3 is 2.77 bits per heavy atom. The molecule has 1 heterocycles. The van der Waals surface area contributed by atoms with E-state index in [4.69, 9.17) is 9.47 Å². The lowest BCUT2D eigenvalue weighted by atomic mass is 10.2. The van der Waals surface area contributed by atoms with E-state index >= 15 is 0 Å². The molecule has 0 aliphatic heterocycles. The first-order valence-corrected chi connectivity index (χ1v) is 8.26. The van der Waals surface area contributed by atoms with Crippen LogP contribution < -0.4 is 9.47 Å². The number of fused-ring (bicyclic) bond motifs is 1. The number of nitrogens with zero attached hydrogens (tertiary/aromatic N) is 1. The number of rotatable bonds is 5. The first-order valence-electron chi connectivity index (χ1n) is 7.18. The van der Waals surface area contributed by atoms with Crippen LogP contribution in [0.1, 0.15) is 13.3 Å². The van der Waals surface area contributed by atoms with Gasteiger partial charge >= 0.3 is 0 Å². The highest BCUT2D eigenvalue weighted by molar-refractivity contribution is 14.1. The maximum absolute atomic E-state index is 5.79. The van der Waals surface area contributed by atoms with E-state index in [9.17, 15) is 0 Å². The Labute approximate surface area is 143 Å². The molecule has 0 spiro atoms. The zero-order chi connectivity index (χ0) is 15.5. The molecular weight excluding hydrogens is 391 g/mol. The molecule has 0 amide bonds. The highest BCUT2D eigenvalue weighted by Crippen LogP contribution is 2.37. The smallest absolute Gasteiger partial charge is 0.174 e. The first-order chi connectivity index (χ1) is 10.7. The van der Waals surface area contributed by atoms with Crippen LogP contribution in [0.5, 0.6) is 11.5 Å². The molecule has 0 aliphatic carbocycles. The third-order valence-electron chi connectivity index (χ3n) is 3.34. The van der Waals surface area contributed by atoms with Crippen molar-refractivity contribution in [3.05, 3.63) is 40.0 Å². The van der Waals surface area contributed by atoms with Gasteiger partial charge in [-0.3, -0.25) is 0 Å². The van der Waals surface area contributed by atoms with Crippen molar-refractivity contribution in [3.8, 4) is 22.9 Å². The average molecular weight is 408 g/mol. The normalized spacial score (nSPS) is 10.9. The number of hydrogen-bond donors (Lipinski definition) is 1. The van der Waals surface area contributed by atoms with Crippen LogP contribution >= 0.6 is 22.6 Å². The van der Waals surface area contributed by atoms with Gasteiger partial charge in [-0.05, 0) is 53.3 Å².